The summed E-state index contributed by atoms with van der Waals surface area (Å²) >= 11 is 0. The molecule has 0 heterocycles. The fourth-order valence-corrected chi connectivity index (χ4v) is 0. The van der Waals surface area contributed by atoms with Gasteiger partial charge in [0.2, 0.25) is 0 Å². The van der Waals surface area contributed by atoms with E-state index in [0.717, 1.165) is 0 Å². The van der Waals surface area contributed by atoms with Gasteiger partial charge in [-0.2, -0.15) is 0 Å². The Morgan fingerprint density at radius 1 is 0.600 bits per heavy atom. The van der Waals surface area contributed by atoms with E-state index in [1.807, 2.05) is 0 Å². The summed E-state index contributed by atoms with van der Waals surface area (Å²) in [5, 5.41) is 0. The summed E-state index contributed by atoms with van der Waals surface area (Å²) in [7, 11) is 0. The van der Waals surface area contributed by atoms with E-state index >= 15 is 0 Å². The zero-order chi connectivity index (χ0) is 0. The molecule has 0 aliphatic carbocycles. The monoisotopic (exact) mass is 408 g/mol. The summed E-state index contributed by atoms with van der Waals surface area (Å²) in [6.07, 6.45) is 0. The summed E-state index contributed by atoms with van der Waals surface area (Å²) in [6.45, 7) is 0. The van der Waals surface area contributed by atoms with Crippen molar-refractivity contribution in [2.75, 3.05) is 0 Å². The molecular formula is H2Br3EuO. The summed E-state index contributed by atoms with van der Waals surface area (Å²) in [4.78, 5) is 0. The molecule has 0 aliphatic heterocycles. The maximum Gasteiger partial charge on any atom is 3.00 e. The Kier molecular flexibility index (Phi) is 246. The van der Waals surface area contributed by atoms with Crippen LogP contribution in [0.25, 0.3) is 0 Å². The first-order chi connectivity index (χ1) is 0. The second-order valence-corrected chi connectivity index (χ2v) is 0. The first kappa shape index (κ1) is 43.7. The van der Waals surface area contributed by atoms with Gasteiger partial charge in [0, 0.05) is 0 Å². The van der Waals surface area contributed by atoms with E-state index in [0.29, 0.717) is 0 Å². The van der Waals surface area contributed by atoms with Gasteiger partial charge in [0.1, 0.15) is 0 Å². The van der Waals surface area contributed by atoms with E-state index < -0.39 is 0 Å². The van der Waals surface area contributed by atoms with Gasteiger partial charge in [0.15, 0.2) is 0 Å². The summed E-state index contributed by atoms with van der Waals surface area (Å²) < 4.78 is 0. The van der Waals surface area contributed by atoms with Crippen LogP contribution in [0.1, 0.15) is 0 Å². The van der Waals surface area contributed by atoms with Crippen molar-refractivity contribution in [2.24, 2.45) is 0 Å². The third-order valence-corrected chi connectivity index (χ3v) is 0. The Bertz CT molecular complexity index is 6.85. The van der Waals surface area contributed by atoms with E-state index in [2.05, 4.69) is 0 Å². The molecule has 0 aromatic carbocycles. The van der Waals surface area contributed by atoms with Gasteiger partial charge in [-0.15, -0.1) is 0 Å². The van der Waals surface area contributed by atoms with Crippen molar-refractivity contribution < 1.29 is 106 Å². The maximum atomic E-state index is 0. The van der Waals surface area contributed by atoms with Crippen LogP contribution >= 0.6 is 0 Å². The zero-order valence-electron chi connectivity index (χ0n) is 2.01. The van der Waals surface area contributed by atoms with Gasteiger partial charge in [-0.25, -0.2) is 0 Å². The predicted octanol–water partition coefficient (Wildman–Crippen LogP) is -9.81. The molecule has 0 radical (unpaired) electrons. The number of rotatable bonds is 0. The van der Waals surface area contributed by atoms with Crippen LogP contribution < -0.4 is 50.9 Å². The van der Waals surface area contributed by atoms with Crippen molar-refractivity contribution in [1.29, 1.82) is 0 Å². The number of hydrogen-bond acceptors (Lipinski definition) is 0. The molecule has 0 spiro atoms. The van der Waals surface area contributed by atoms with Gasteiger partial charge in [-0.1, -0.05) is 0 Å². The standard InChI is InChI=1S/3BrH.Eu.H2O/h3*1H;;1H2/q;;;+3;/p-3. The van der Waals surface area contributed by atoms with Crippen LogP contribution in [0.2, 0.25) is 0 Å². The van der Waals surface area contributed by atoms with Gasteiger partial charge < -0.3 is 56.4 Å². The fourth-order valence-electron chi connectivity index (χ4n) is 0. The van der Waals surface area contributed by atoms with Crippen molar-refractivity contribution >= 4 is 0 Å². The molecule has 0 atom stereocenters. The second kappa shape index (κ2) is 28.1. The second-order valence-electron chi connectivity index (χ2n) is 0. The first-order valence-corrected chi connectivity index (χ1v) is 0. The molecular weight excluding hydrogens is 408 g/mol. The first-order valence-electron chi connectivity index (χ1n) is 0. The Balaban J connectivity index is 0. The Labute approximate surface area is 103 Å². The molecule has 5 heavy (non-hydrogen) atoms. The van der Waals surface area contributed by atoms with E-state index in [1.165, 1.54) is 0 Å². The van der Waals surface area contributed by atoms with Gasteiger partial charge in [0.05, 0.1) is 0 Å². The van der Waals surface area contributed by atoms with E-state index in [4.69, 9.17) is 0 Å². The molecule has 5 heteroatoms. The average molecular weight is 410 g/mol. The molecule has 0 saturated heterocycles. The van der Waals surface area contributed by atoms with Crippen LogP contribution in [0.15, 0.2) is 0 Å². The number of halogens is 3. The quantitative estimate of drug-likeness (QED) is 0.381. The van der Waals surface area contributed by atoms with E-state index in [-0.39, 0.29) is 106 Å². The molecule has 0 bridgehead atoms. The minimum Gasteiger partial charge on any atom is -1.00 e. The smallest absolute Gasteiger partial charge is 1.00 e. The molecule has 0 aliphatic rings. The van der Waals surface area contributed by atoms with Crippen LogP contribution in [0.4, 0.5) is 0 Å². The average Bonchev–Trinajstić information content (AvgIpc) is 0. The molecule has 0 amide bonds. The molecule has 0 fully saturated rings. The summed E-state index contributed by atoms with van der Waals surface area (Å²) in [6, 6.07) is 0. The molecule has 0 aromatic rings. The summed E-state index contributed by atoms with van der Waals surface area (Å²) in [5.41, 5.74) is 0. The van der Waals surface area contributed by atoms with Gasteiger partial charge in [-0.3, -0.25) is 0 Å². The Hall–Kier alpha value is 2.98. The van der Waals surface area contributed by atoms with Gasteiger partial charge in [0.25, 0.3) is 0 Å². The van der Waals surface area contributed by atoms with Crippen molar-refractivity contribution in [1.82, 2.24) is 0 Å². The van der Waals surface area contributed by atoms with Crippen molar-refractivity contribution in [3.63, 3.8) is 0 Å². The molecule has 0 aromatic heterocycles. The molecule has 0 unspecified atom stereocenters. The fraction of sp³-hybridized carbons (Fsp3) is 0. The largest absolute Gasteiger partial charge is 3.00 e. The van der Waals surface area contributed by atoms with Crippen molar-refractivity contribution in [2.45, 2.75) is 0 Å². The van der Waals surface area contributed by atoms with Gasteiger partial charge >= 0.3 is 49.4 Å². The molecule has 2 N–H and O–H groups in total. The molecule has 1 nitrogen and oxygen atoms in total. The SMILES string of the molecule is O.[Br-].[Br-].[Br-].[Eu+3]. The van der Waals surface area contributed by atoms with Crippen LogP contribution in [0.3, 0.4) is 0 Å². The molecule has 0 rings (SSSR count). The van der Waals surface area contributed by atoms with Crippen LogP contribution in [0, 0.1) is 49.4 Å². The van der Waals surface area contributed by atoms with Crippen LogP contribution in [-0.4, -0.2) is 5.48 Å². The van der Waals surface area contributed by atoms with Crippen molar-refractivity contribution in [3.05, 3.63) is 0 Å². The number of hydrogen-bond donors (Lipinski definition) is 0. The third-order valence-electron chi connectivity index (χ3n) is 0. The third kappa shape index (κ3) is 19.5. The van der Waals surface area contributed by atoms with E-state index in [9.17, 15) is 0 Å². The summed E-state index contributed by atoms with van der Waals surface area (Å²) in [5.74, 6) is 0. The van der Waals surface area contributed by atoms with Crippen LogP contribution in [-0.2, 0) is 0 Å². The maximum absolute atomic E-state index is 0. The normalized spacial score (nSPS) is 0. The van der Waals surface area contributed by atoms with Gasteiger partial charge in [-0.05, 0) is 0 Å². The predicted molar refractivity (Wildman–Crippen MR) is 3.61 cm³/mol. The minimum absolute atomic E-state index is 0. The minimum atomic E-state index is 0. The molecule has 36 valence electrons. The van der Waals surface area contributed by atoms with Crippen molar-refractivity contribution in [3.8, 4) is 0 Å². The Morgan fingerprint density at radius 2 is 0.600 bits per heavy atom. The Morgan fingerprint density at radius 3 is 0.600 bits per heavy atom. The van der Waals surface area contributed by atoms with Crippen LogP contribution in [0.5, 0.6) is 0 Å². The zero-order valence-corrected chi connectivity index (χ0v) is 9.19. The van der Waals surface area contributed by atoms with E-state index in [1.54, 1.807) is 0 Å². The molecule has 0 saturated carbocycles. The topological polar surface area (TPSA) is 31.5 Å².